The quantitative estimate of drug-likeness (QED) is 0.891. The van der Waals surface area contributed by atoms with Crippen LogP contribution >= 0.6 is 0 Å². The van der Waals surface area contributed by atoms with Gasteiger partial charge in [-0.15, -0.1) is 0 Å². The monoisotopic (exact) mass is 293 g/mol. The van der Waals surface area contributed by atoms with E-state index in [1.165, 1.54) is 30.3 Å². The number of phenols is 1. The van der Waals surface area contributed by atoms with Crippen LogP contribution in [0, 0.1) is 0 Å². The zero-order chi connectivity index (χ0) is 15.2. The third-order valence-electron chi connectivity index (χ3n) is 2.77. The molecular weight excluding hydrogens is 280 g/mol. The Morgan fingerprint density at radius 3 is 2.43 bits per heavy atom. The second kappa shape index (κ2) is 6.69. The van der Waals surface area contributed by atoms with Gasteiger partial charge in [0.2, 0.25) is 0 Å². The fourth-order valence-electron chi connectivity index (χ4n) is 1.73. The summed E-state index contributed by atoms with van der Waals surface area (Å²) in [7, 11) is 0. The number of phenolic OH excluding ortho intramolecular Hbond substituents is 1. The van der Waals surface area contributed by atoms with Crippen LogP contribution in [-0.4, -0.2) is 17.6 Å². The van der Waals surface area contributed by atoms with Crippen molar-refractivity contribution in [3.8, 4) is 11.5 Å². The minimum Gasteiger partial charge on any atom is -0.508 e. The van der Waals surface area contributed by atoms with Crippen LogP contribution < -0.4 is 10.1 Å². The fraction of sp³-hybridized carbons (Fsp3) is 0.133. The number of alkyl halides is 2. The molecule has 0 atom stereocenters. The molecule has 0 spiro atoms. The molecule has 2 aromatic carbocycles. The van der Waals surface area contributed by atoms with Crippen molar-refractivity contribution in [3.05, 3.63) is 59.7 Å². The summed E-state index contributed by atoms with van der Waals surface area (Å²) in [6.07, 6.45) is 0. The molecule has 2 aromatic rings. The largest absolute Gasteiger partial charge is 0.508 e. The Balaban J connectivity index is 1.96. The molecule has 1 amide bonds. The Kier molecular flexibility index (Phi) is 4.71. The number of carbonyl (C=O) groups is 1. The van der Waals surface area contributed by atoms with Gasteiger partial charge in [0.25, 0.3) is 5.91 Å². The molecule has 0 bridgehead atoms. The number of para-hydroxylation sites is 1. The van der Waals surface area contributed by atoms with E-state index in [1.807, 2.05) is 0 Å². The molecule has 6 heteroatoms. The third-order valence-corrected chi connectivity index (χ3v) is 2.77. The molecule has 2 rings (SSSR count). The Hall–Kier alpha value is -2.63. The molecule has 4 nitrogen and oxygen atoms in total. The molecule has 0 aliphatic carbocycles. The lowest BCUT2D eigenvalue weighted by Crippen LogP contribution is -2.22. The van der Waals surface area contributed by atoms with Gasteiger partial charge in [-0.05, 0) is 30.3 Å². The van der Waals surface area contributed by atoms with Gasteiger partial charge in [-0.3, -0.25) is 4.79 Å². The van der Waals surface area contributed by atoms with Crippen molar-refractivity contribution < 1.29 is 23.4 Å². The number of carbonyl (C=O) groups excluding carboxylic acids is 1. The number of halogens is 2. The van der Waals surface area contributed by atoms with Crippen LogP contribution in [0.4, 0.5) is 8.78 Å². The Bertz CT molecular complexity index is 615. The van der Waals surface area contributed by atoms with Gasteiger partial charge in [0.15, 0.2) is 0 Å². The van der Waals surface area contributed by atoms with Crippen LogP contribution in [0.2, 0.25) is 0 Å². The summed E-state index contributed by atoms with van der Waals surface area (Å²) in [5, 5.41) is 12.2. The molecule has 0 saturated heterocycles. The molecular formula is C15H13F2NO3. The van der Waals surface area contributed by atoms with E-state index in [1.54, 1.807) is 18.2 Å². The summed E-state index contributed by atoms with van der Waals surface area (Å²) in [6.45, 7) is -2.73. The molecule has 0 heterocycles. The average molecular weight is 293 g/mol. The first-order chi connectivity index (χ1) is 10.1. The standard InChI is InChI=1S/C15H13F2NO3/c16-15(17)21-12-7-5-10(6-8-12)14(20)18-9-11-3-1-2-4-13(11)19/h1-8,15,19H,9H2,(H,18,20). The van der Waals surface area contributed by atoms with E-state index in [9.17, 15) is 18.7 Å². The highest BCUT2D eigenvalue weighted by atomic mass is 19.3. The maximum absolute atomic E-state index is 12.0. The molecule has 0 aromatic heterocycles. The number of rotatable bonds is 5. The Labute approximate surface area is 120 Å². The van der Waals surface area contributed by atoms with E-state index in [2.05, 4.69) is 10.1 Å². The van der Waals surface area contributed by atoms with Gasteiger partial charge >= 0.3 is 6.61 Å². The van der Waals surface area contributed by atoms with Crippen molar-refractivity contribution in [2.24, 2.45) is 0 Å². The SMILES string of the molecule is O=C(NCc1ccccc1O)c1ccc(OC(F)F)cc1. The molecule has 2 N–H and O–H groups in total. The van der Waals surface area contributed by atoms with Crippen molar-refractivity contribution in [2.75, 3.05) is 0 Å². The van der Waals surface area contributed by atoms with Crippen LogP contribution in [0.3, 0.4) is 0 Å². The van der Waals surface area contributed by atoms with Gasteiger partial charge in [-0.1, -0.05) is 18.2 Å². The van der Waals surface area contributed by atoms with Gasteiger partial charge in [0.05, 0.1) is 0 Å². The van der Waals surface area contributed by atoms with Crippen LogP contribution in [-0.2, 0) is 6.54 Å². The lowest BCUT2D eigenvalue weighted by molar-refractivity contribution is -0.0498. The van der Waals surface area contributed by atoms with E-state index < -0.39 is 6.61 Å². The molecule has 0 saturated carbocycles. The first-order valence-electron chi connectivity index (χ1n) is 6.16. The van der Waals surface area contributed by atoms with Gasteiger partial charge in [0, 0.05) is 17.7 Å². The number of hydrogen-bond donors (Lipinski definition) is 2. The average Bonchev–Trinajstić information content (AvgIpc) is 2.46. The van der Waals surface area contributed by atoms with Gasteiger partial charge in [-0.25, -0.2) is 0 Å². The molecule has 110 valence electrons. The summed E-state index contributed by atoms with van der Waals surface area (Å²) >= 11 is 0. The lowest BCUT2D eigenvalue weighted by Gasteiger charge is -2.08. The zero-order valence-electron chi connectivity index (χ0n) is 10.9. The third kappa shape index (κ3) is 4.17. The fourth-order valence-corrected chi connectivity index (χ4v) is 1.73. The summed E-state index contributed by atoms with van der Waals surface area (Å²) in [5.41, 5.74) is 0.899. The van der Waals surface area contributed by atoms with Crippen LogP contribution in [0.15, 0.2) is 48.5 Å². The summed E-state index contributed by atoms with van der Waals surface area (Å²) in [5.74, 6) is -0.289. The number of benzene rings is 2. The van der Waals surface area contributed by atoms with Crippen LogP contribution in [0.25, 0.3) is 0 Å². The Morgan fingerprint density at radius 1 is 1.14 bits per heavy atom. The topological polar surface area (TPSA) is 58.6 Å². The molecule has 0 fully saturated rings. The number of nitrogens with one attached hydrogen (secondary N) is 1. The molecule has 0 aliphatic heterocycles. The van der Waals surface area contributed by atoms with Crippen molar-refractivity contribution in [3.63, 3.8) is 0 Å². The second-order valence-corrected chi connectivity index (χ2v) is 4.21. The maximum Gasteiger partial charge on any atom is 0.387 e. The van der Waals surface area contributed by atoms with Crippen molar-refractivity contribution in [2.45, 2.75) is 13.2 Å². The van der Waals surface area contributed by atoms with Gasteiger partial charge in [0.1, 0.15) is 11.5 Å². The normalized spacial score (nSPS) is 10.4. The molecule has 21 heavy (non-hydrogen) atoms. The number of aromatic hydroxyl groups is 1. The first kappa shape index (κ1) is 14.8. The zero-order valence-corrected chi connectivity index (χ0v) is 10.9. The van der Waals surface area contributed by atoms with Gasteiger partial charge < -0.3 is 15.2 Å². The summed E-state index contributed by atoms with van der Waals surface area (Å²) < 4.78 is 28.2. The van der Waals surface area contributed by atoms with Gasteiger partial charge in [-0.2, -0.15) is 8.78 Å². The summed E-state index contributed by atoms with van der Waals surface area (Å²) in [4.78, 5) is 11.9. The first-order valence-corrected chi connectivity index (χ1v) is 6.16. The van der Waals surface area contributed by atoms with E-state index in [0.29, 0.717) is 11.1 Å². The smallest absolute Gasteiger partial charge is 0.387 e. The van der Waals surface area contributed by atoms with E-state index in [4.69, 9.17) is 0 Å². The molecule has 0 radical (unpaired) electrons. The highest BCUT2D eigenvalue weighted by Gasteiger charge is 2.08. The minimum absolute atomic E-state index is 0.0118. The summed E-state index contributed by atoms with van der Waals surface area (Å²) in [6, 6.07) is 12.0. The van der Waals surface area contributed by atoms with Crippen LogP contribution in [0.5, 0.6) is 11.5 Å². The highest BCUT2D eigenvalue weighted by molar-refractivity contribution is 5.94. The minimum atomic E-state index is -2.90. The number of amides is 1. The molecule has 0 unspecified atom stereocenters. The number of ether oxygens (including phenoxy) is 1. The van der Waals surface area contributed by atoms with Crippen molar-refractivity contribution in [1.82, 2.24) is 5.32 Å². The predicted molar refractivity (Wildman–Crippen MR) is 72.4 cm³/mol. The van der Waals surface area contributed by atoms with Crippen LogP contribution in [0.1, 0.15) is 15.9 Å². The lowest BCUT2D eigenvalue weighted by atomic mass is 10.1. The maximum atomic E-state index is 12.0. The van der Waals surface area contributed by atoms with E-state index >= 15 is 0 Å². The van der Waals surface area contributed by atoms with Crippen molar-refractivity contribution in [1.29, 1.82) is 0 Å². The second-order valence-electron chi connectivity index (χ2n) is 4.21. The highest BCUT2D eigenvalue weighted by Crippen LogP contribution is 2.16. The van der Waals surface area contributed by atoms with E-state index in [-0.39, 0.29) is 24.0 Å². The van der Waals surface area contributed by atoms with E-state index in [0.717, 1.165) is 0 Å². The molecule has 0 aliphatic rings. The van der Waals surface area contributed by atoms with Crippen molar-refractivity contribution >= 4 is 5.91 Å². The predicted octanol–water partition coefficient (Wildman–Crippen LogP) is 2.92. The Morgan fingerprint density at radius 2 is 1.81 bits per heavy atom. The number of hydrogen-bond acceptors (Lipinski definition) is 3.